The molecule has 2 rings (SSSR count). The molecule has 2 N–H and O–H groups in total. The van der Waals surface area contributed by atoms with Crippen molar-refractivity contribution >= 4 is 11.6 Å². The molecular weight excluding hydrogens is 254 g/mol. The van der Waals surface area contributed by atoms with E-state index in [-0.39, 0.29) is 12.6 Å². The molecule has 0 amide bonds. The van der Waals surface area contributed by atoms with Crippen molar-refractivity contribution in [3.8, 4) is 5.75 Å². The normalized spacial score (nSPS) is 12.4. The fourth-order valence-electron chi connectivity index (χ4n) is 1.55. The van der Waals surface area contributed by atoms with Gasteiger partial charge in [0.25, 0.3) is 0 Å². The van der Waals surface area contributed by atoms with E-state index >= 15 is 0 Å². The van der Waals surface area contributed by atoms with Gasteiger partial charge in [0, 0.05) is 23.6 Å². The van der Waals surface area contributed by atoms with Gasteiger partial charge in [-0.05, 0) is 25.1 Å². The quantitative estimate of drug-likeness (QED) is 0.922. The van der Waals surface area contributed by atoms with Crippen LogP contribution in [0.5, 0.6) is 5.75 Å². The highest BCUT2D eigenvalue weighted by Gasteiger charge is 2.10. The van der Waals surface area contributed by atoms with Crippen LogP contribution in [-0.2, 0) is 6.61 Å². The van der Waals surface area contributed by atoms with E-state index in [9.17, 15) is 0 Å². The molecule has 0 aliphatic carbocycles. The maximum atomic E-state index is 5.93. The molecule has 1 unspecified atom stereocenters. The summed E-state index contributed by atoms with van der Waals surface area (Å²) >= 11 is 5.93. The lowest BCUT2D eigenvalue weighted by molar-refractivity contribution is 0.282. The molecule has 5 nitrogen and oxygen atoms in total. The van der Waals surface area contributed by atoms with Crippen LogP contribution >= 0.6 is 11.6 Å². The van der Waals surface area contributed by atoms with Crippen LogP contribution in [-0.4, -0.2) is 10.1 Å². The molecule has 1 atom stereocenters. The molecule has 0 aliphatic rings. The Hall–Kier alpha value is -1.59. The second-order valence-corrected chi connectivity index (χ2v) is 4.43. The lowest BCUT2D eigenvalue weighted by Crippen LogP contribution is -2.08. The van der Waals surface area contributed by atoms with Crippen molar-refractivity contribution in [2.45, 2.75) is 26.5 Å². The van der Waals surface area contributed by atoms with Crippen molar-refractivity contribution in [1.29, 1.82) is 0 Å². The summed E-state index contributed by atoms with van der Waals surface area (Å²) in [7, 11) is 0. The third-order valence-corrected chi connectivity index (χ3v) is 2.62. The van der Waals surface area contributed by atoms with E-state index in [0.717, 1.165) is 5.56 Å². The molecule has 1 heterocycles. The number of nitrogens with zero attached hydrogens (tertiary/aromatic N) is 2. The Kier molecular flexibility index (Phi) is 3.84. The third kappa shape index (κ3) is 3.00. The first-order valence-electron chi connectivity index (χ1n) is 5.53. The molecule has 1 aromatic heterocycles. The lowest BCUT2D eigenvalue weighted by atomic mass is 10.1. The van der Waals surface area contributed by atoms with Gasteiger partial charge in [-0.1, -0.05) is 16.8 Å². The topological polar surface area (TPSA) is 74.2 Å². The van der Waals surface area contributed by atoms with Gasteiger partial charge in [0.2, 0.25) is 11.7 Å². The number of rotatable bonds is 4. The van der Waals surface area contributed by atoms with Gasteiger partial charge >= 0.3 is 0 Å². The van der Waals surface area contributed by atoms with E-state index in [1.807, 2.05) is 6.92 Å². The third-order valence-electron chi connectivity index (χ3n) is 2.39. The van der Waals surface area contributed by atoms with Crippen LogP contribution in [0.15, 0.2) is 22.7 Å². The van der Waals surface area contributed by atoms with E-state index in [1.165, 1.54) is 0 Å². The number of hydrogen-bond donors (Lipinski definition) is 1. The number of halogens is 1. The maximum absolute atomic E-state index is 5.93. The molecule has 2 aromatic rings. The number of aryl methyl sites for hydroxylation is 1. The SMILES string of the molecule is Cc1nc(COc2ccc(Cl)cc2C(C)N)no1. The van der Waals surface area contributed by atoms with E-state index in [2.05, 4.69) is 10.1 Å². The molecule has 96 valence electrons. The predicted molar refractivity (Wildman–Crippen MR) is 67.4 cm³/mol. The van der Waals surface area contributed by atoms with Gasteiger partial charge in [-0.3, -0.25) is 0 Å². The first-order valence-corrected chi connectivity index (χ1v) is 5.91. The molecule has 0 saturated heterocycles. The van der Waals surface area contributed by atoms with Gasteiger partial charge < -0.3 is 15.0 Å². The van der Waals surface area contributed by atoms with Crippen LogP contribution < -0.4 is 10.5 Å². The Balaban J connectivity index is 2.13. The minimum atomic E-state index is -0.161. The molecule has 0 spiro atoms. The highest BCUT2D eigenvalue weighted by atomic mass is 35.5. The summed E-state index contributed by atoms with van der Waals surface area (Å²) in [5.74, 6) is 1.69. The van der Waals surface area contributed by atoms with E-state index in [1.54, 1.807) is 25.1 Å². The number of hydrogen-bond acceptors (Lipinski definition) is 5. The van der Waals surface area contributed by atoms with Gasteiger partial charge in [0.1, 0.15) is 5.75 Å². The van der Waals surface area contributed by atoms with Gasteiger partial charge in [-0.15, -0.1) is 0 Å². The average Bonchev–Trinajstić information content (AvgIpc) is 2.73. The van der Waals surface area contributed by atoms with Crippen LogP contribution in [0.25, 0.3) is 0 Å². The molecule has 18 heavy (non-hydrogen) atoms. The Bertz CT molecular complexity index is 540. The Morgan fingerprint density at radius 1 is 1.50 bits per heavy atom. The highest BCUT2D eigenvalue weighted by molar-refractivity contribution is 6.30. The molecule has 0 saturated carbocycles. The zero-order valence-corrected chi connectivity index (χ0v) is 10.9. The van der Waals surface area contributed by atoms with Crippen LogP contribution in [0.4, 0.5) is 0 Å². The summed E-state index contributed by atoms with van der Waals surface area (Å²) in [6, 6.07) is 5.17. The Morgan fingerprint density at radius 2 is 2.28 bits per heavy atom. The molecular formula is C12H14ClN3O2. The first-order chi connectivity index (χ1) is 8.56. The number of nitrogens with two attached hydrogens (primary N) is 1. The van der Waals surface area contributed by atoms with Crippen LogP contribution in [0.2, 0.25) is 5.02 Å². The predicted octanol–water partition coefficient (Wildman–Crippen LogP) is 2.63. The van der Waals surface area contributed by atoms with Crippen molar-refractivity contribution in [1.82, 2.24) is 10.1 Å². The monoisotopic (exact) mass is 267 g/mol. The van der Waals surface area contributed by atoms with Crippen molar-refractivity contribution in [2.24, 2.45) is 5.73 Å². The summed E-state index contributed by atoms with van der Waals surface area (Å²) in [5.41, 5.74) is 6.72. The second-order valence-electron chi connectivity index (χ2n) is 3.99. The number of benzene rings is 1. The molecule has 0 radical (unpaired) electrons. The maximum Gasteiger partial charge on any atom is 0.223 e. The van der Waals surface area contributed by atoms with E-state index in [4.69, 9.17) is 26.6 Å². The number of ether oxygens (including phenoxy) is 1. The zero-order valence-electron chi connectivity index (χ0n) is 10.2. The van der Waals surface area contributed by atoms with Crippen molar-refractivity contribution in [2.75, 3.05) is 0 Å². The first kappa shape index (κ1) is 12.9. The highest BCUT2D eigenvalue weighted by Crippen LogP contribution is 2.27. The summed E-state index contributed by atoms with van der Waals surface area (Å²) in [5, 5.41) is 4.38. The smallest absolute Gasteiger partial charge is 0.223 e. The van der Waals surface area contributed by atoms with Crippen molar-refractivity contribution in [3.63, 3.8) is 0 Å². The summed E-state index contributed by atoms with van der Waals surface area (Å²) in [6.07, 6.45) is 0. The Labute approximate surface area is 110 Å². The summed E-state index contributed by atoms with van der Waals surface area (Å²) in [6.45, 7) is 3.84. The minimum absolute atomic E-state index is 0.161. The van der Waals surface area contributed by atoms with Gasteiger partial charge in [0.05, 0.1) is 0 Å². The van der Waals surface area contributed by atoms with Crippen LogP contribution in [0.1, 0.15) is 30.2 Å². The number of aromatic nitrogens is 2. The second kappa shape index (κ2) is 5.37. The largest absolute Gasteiger partial charge is 0.485 e. The van der Waals surface area contributed by atoms with Crippen LogP contribution in [0.3, 0.4) is 0 Å². The molecule has 6 heteroatoms. The molecule has 1 aromatic carbocycles. The van der Waals surface area contributed by atoms with Crippen molar-refractivity contribution < 1.29 is 9.26 Å². The average molecular weight is 268 g/mol. The van der Waals surface area contributed by atoms with Gasteiger partial charge in [-0.25, -0.2) is 0 Å². The molecule has 0 bridgehead atoms. The summed E-state index contributed by atoms with van der Waals surface area (Å²) in [4.78, 5) is 4.06. The summed E-state index contributed by atoms with van der Waals surface area (Å²) < 4.78 is 10.5. The van der Waals surface area contributed by atoms with Gasteiger partial charge in [-0.2, -0.15) is 4.98 Å². The van der Waals surface area contributed by atoms with E-state index in [0.29, 0.717) is 22.5 Å². The standard InChI is InChI=1S/C12H14ClN3O2/c1-7(14)10-5-9(13)3-4-11(10)17-6-12-15-8(2)18-16-12/h3-5,7H,6,14H2,1-2H3. The zero-order chi connectivity index (χ0) is 13.1. The minimum Gasteiger partial charge on any atom is -0.485 e. The Morgan fingerprint density at radius 3 is 2.89 bits per heavy atom. The fraction of sp³-hybridized carbons (Fsp3) is 0.333. The van der Waals surface area contributed by atoms with Gasteiger partial charge in [0.15, 0.2) is 6.61 Å². The van der Waals surface area contributed by atoms with Crippen molar-refractivity contribution in [3.05, 3.63) is 40.5 Å². The van der Waals surface area contributed by atoms with Crippen LogP contribution in [0, 0.1) is 6.92 Å². The lowest BCUT2D eigenvalue weighted by Gasteiger charge is -2.13. The fourth-order valence-corrected chi connectivity index (χ4v) is 1.73. The molecule has 0 aliphatic heterocycles. The van der Waals surface area contributed by atoms with E-state index < -0.39 is 0 Å². The molecule has 0 fully saturated rings.